The maximum absolute atomic E-state index is 11.2. The summed E-state index contributed by atoms with van der Waals surface area (Å²) in [5, 5.41) is 9.11. The van der Waals surface area contributed by atoms with Crippen molar-refractivity contribution in [3.05, 3.63) is 34.9 Å². The first-order valence-corrected chi connectivity index (χ1v) is 6.39. The largest absolute Gasteiger partial charge is 0.395 e. The molecule has 6 heteroatoms. The van der Waals surface area contributed by atoms with Crippen molar-refractivity contribution in [3.63, 3.8) is 0 Å². The van der Waals surface area contributed by atoms with Gasteiger partial charge in [-0.25, -0.2) is 13.1 Å². The molecule has 0 saturated carbocycles. The van der Waals surface area contributed by atoms with E-state index in [4.69, 9.17) is 16.7 Å². The number of nitrogens with one attached hydrogen (secondary N) is 1. The summed E-state index contributed by atoms with van der Waals surface area (Å²) in [6.07, 6.45) is 0. The fourth-order valence-electron chi connectivity index (χ4n) is 0.988. The summed E-state index contributed by atoms with van der Waals surface area (Å²) < 4.78 is 24.7. The second-order valence-electron chi connectivity index (χ2n) is 2.99. The van der Waals surface area contributed by atoms with E-state index in [1.807, 2.05) is 0 Å². The van der Waals surface area contributed by atoms with Crippen molar-refractivity contribution < 1.29 is 13.5 Å². The molecule has 0 aliphatic carbocycles. The van der Waals surface area contributed by atoms with Crippen LogP contribution in [0, 0.1) is 0 Å². The summed E-state index contributed by atoms with van der Waals surface area (Å²) in [4.78, 5) is 0. The molecule has 0 unspecified atom stereocenters. The highest BCUT2D eigenvalue weighted by molar-refractivity contribution is 7.89. The Labute approximate surface area is 93.9 Å². The van der Waals surface area contributed by atoms with E-state index >= 15 is 0 Å². The van der Waals surface area contributed by atoms with Crippen LogP contribution in [-0.2, 0) is 16.6 Å². The summed E-state index contributed by atoms with van der Waals surface area (Å²) in [6, 6.07) is 6.86. The van der Waals surface area contributed by atoms with Crippen LogP contribution in [0.4, 0.5) is 0 Å². The lowest BCUT2D eigenvalue weighted by Crippen LogP contribution is -2.27. The lowest BCUT2D eigenvalue weighted by atomic mass is 10.2. The number of sulfonamides is 1. The molecule has 0 saturated heterocycles. The molecule has 0 aromatic heterocycles. The average molecular weight is 250 g/mol. The van der Waals surface area contributed by atoms with Crippen LogP contribution in [-0.4, -0.2) is 25.9 Å². The average Bonchev–Trinajstić information content (AvgIpc) is 2.17. The predicted molar refractivity (Wildman–Crippen MR) is 59.2 cm³/mol. The van der Waals surface area contributed by atoms with Gasteiger partial charge in [-0.15, -0.1) is 0 Å². The van der Waals surface area contributed by atoms with Gasteiger partial charge in [-0.3, -0.25) is 0 Å². The number of hydrogen-bond acceptors (Lipinski definition) is 3. The highest BCUT2D eigenvalue weighted by Gasteiger charge is 2.08. The summed E-state index contributed by atoms with van der Waals surface area (Å²) in [5.74, 6) is -0.277. The Morgan fingerprint density at radius 2 is 1.87 bits per heavy atom. The zero-order valence-electron chi connectivity index (χ0n) is 7.98. The molecule has 0 heterocycles. The van der Waals surface area contributed by atoms with Gasteiger partial charge in [0.05, 0.1) is 12.4 Å². The zero-order valence-corrected chi connectivity index (χ0v) is 9.55. The number of benzene rings is 1. The maximum atomic E-state index is 11.2. The molecule has 84 valence electrons. The second kappa shape index (κ2) is 5.46. The van der Waals surface area contributed by atoms with Crippen LogP contribution >= 0.6 is 11.6 Å². The van der Waals surface area contributed by atoms with E-state index in [0.717, 1.165) is 5.56 Å². The van der Waals surface area contributed by atoms with E-state index in [1.165, 1.54) is 0 Å². The molecule has 0 spiro atoms. The smallest absolute Gasteiger partial charge is 0.214 e. The van der Waals surface area contributed by atoms with Gasteiger partial charge >= 0.3 is 0 Å². The fraction of sp³-hybridized carbons (Fsp3) is 0.333. The topological polar surface area (TPSA) is 66.4 Å². The summed E-state index contributed by atoms with van der Waals surface area (Å²) in [6.45, 7) is -0.171. The van der Waals surface area contributed by atoms with Crippen molar-refractivity contribution in [1.82, 2.24) is 4.72 Å². The molecule has 4 nitrogen and oxygen atoms in total. The maximum Gasteiger partial charge on any atom is 0.214 e. The Morgan fingerprint density at radius 3 is 2.40 bits per heavy atom. The molecule has 0 aliphatic rings. The van der Waals surface area contributed by atoms with Crippen LogP contribution in [0.5, 0.6) is 0 Å². The zero-order chi connectivity index (χ0) is 11.3. The Hall–Kier alpha value is -0.620. The third-order valence-electron chi connectivity index (χ3n) is 1.77. The second-order valence-corrected chi connectivity index (χ2v) is 5.35. The van der Waals surface area contributed by atoms with E-state index in [-0.39, 0.29) is 18.9 Å². The molecule has 0 aliphatic heterocycles. The number of aliphatic hydroxyl groups excluding tert-OH is 1. The number of aliphatic hydroxyl groups is 1. The van der Waals surface area contributed by atoms with Crippen molar-refractivity contribution in [2.24, 2.45) is 0 Å². The predicted octanol–water partition coefficient (Wildman–Crippen LogP) is 0.752. The van der Waals surface area contributed by atoms with Gasteiger partial charge in [-0.1, -0.05) is 23.7 Å². The normalized spacial score (nSPS) is 11.6. The minimum atomic E-state index is -3.37. The van der Waals surface area contributed by atoms with Crippen LogP contribution in [0.1, 0.15) is 5.56 Å². The van der Waals surface area contributed by atoms with Crippen LogP contribution in [0.3, 0.4) is 0 Å². The minimum Gasteiger partial charge on any atom is -0.395 e. The van der Waals surface area contributed by atoms with Gasteiger partial charge in [0.25, 0.3) is 0 Å². The first-order valence-electron chi connectivity index (χ1n) is 4.36. The molecular formula is C9H12ClNO3S. The van der Waals surface area contributed by atoms with E-state index in [9.17, 15) is 8.42 Å². The monoisotopic (exact) mass is 249 g/mol. The van der Waals surface area contributed by atoms with Crippen LogP contribution in [0.25, 0.3) is 0 Å². The standard InChI is InChI=1S/C9H12ClNO3S/c10-9-3-1-8(2-4-9)7-11-15(13,14)6-5-12/h1-4,11-12H,5-7H2. The molecular weight excluding hydrogens is 238 g/mol. The molecule has 2 N–H and O–H groups in total. The van der Waals surface area contributed by atoms with Gasteiger partial charge in [0, 0.05) is 11.6 Å². The van der Waals surface area contributed by atoms with Gasteiger partial charge in [-0.2, -0.15) is 0 Å². The Bertz CT molecular complexity index is 402. The highest BCUT2D eigenvalue weighted by atomic mass is 35.5. The number of halogens is 1. The van der Waals surface area contributed by atoms with Gasteiger partial charge in [-0.05, 0) is 17.7 Å². The van der Waals surface area contributed by atoms with E-state index in [2.05, 4.69) is 4.72 Å². The third-order valence-corrected chi connectivity index (χ3v) is 3.33. The first-order chi connectivity index (χ1) is 7.03. The molecule has 0 atom stereocenters. The minimum absolute atomic E-state index is 0.208. The molecule has 1 aromatic carbocycles. The number of hydrogen-bond donors (Lipinski definition) is 2. The first kappa shape index (κ1) is 12.4. The molecule has 0 amide bonds. The SMILES string of the molecule is O=S(=O)(CCO)NCc1ccc(Cl)cc1. The summed E-state index contributed by atoms with van der Waals surface area (Å²) in [7, 11) is -3.37. The third kappa shape index (κ3) is 4.61. The van der Waals surface area contributed by atoms with Gasteiger partial charge in [0.15, 0.2) is 0 Å². The molecule has 15 heavy (non-hydrogen) atoms. The molecule has 0 fully saturated rings. The van der Waals surface area contributed by atoms with Crippen molar-refractivity contribution in [2.45, 2.75) is 6.54 Å². The quantitative estimate of drug-likeness (QED) is 0.809. The molecule has 0 radical (unpaired) electrons. The van der Waals surface area contributed by atoms with Crippen molar-refractivity contribution in [1.29, 1.82) is 0 Å². The molecule has 0 bridgehead atoms. The fourth-order valence-corrected chi connectivity index (χ4v) is 1.89. The number of rotatable bonds is 5. The van der Waals surface area contributed by atoms with Gasteiger partial charge < -0.3 is 5.11 Å². The van der Waals surface area contributed by atoms with Crippen molar-refractivity contribution >= 4 is 21.6 Å². The Kier molecular flexibility index (Phi) is 4.53. The van der Waals surface area contributed by atoms with Crippen LogP contribution < -0.4 is 4.72 Å². The van der Waals surface area contributed by atoms with Crippen molar-refractivity contribution in [3.8, 4) is 0 Å². The van der Waals surface area contributed by atoms with E-state index < -0.39 is 10.0 Å². The Morgan fingerprint density at radius 1 is 1.27 bits per heavy atom. The van der Waals surface area contributed by atoms with Gasteiger partial charge in [0.2, 0.25) is 10.0 Å². The lowest BCUT2D eigenvalue weighted by molar-refractivity contribution is 0.319. The lowest BCUT2D eigenvalue weighted by Gasteiger charge is -2.05. The Balaban J connectivity index is 2.54. The van der Waals surface area contributed by atoms with Crippen LogP contribution in [0.2, 0.25) is 5.02 Å². The summed E-state index contributed by atoms with van der Waals surface area (Å²) >= 11 is 5.68. The van der Waals surface area contributed by atoms with Gasteiger partial charge in [0.1, 0.15) is 0 Å². The highest BCUT2D eigenvalue weighted by Crippen LogP contribution is 2.09. The van der Waals surface area contributed by atoms with E-state index in [0.29, 0.717) is 5.02 Å². The molecule has 1 aromatic rings. The molecule has 1 rings (SSSR count). The summed E-state index contributed by atoms with van der Waals surface area (Å²) in [5.41, 5.74) is 0.820. The van der Waals surface area contributed by atoms with E-state index in [1.54, 1.807) is 24.3 Å². The van der Waals surface area contributed by atoms with Crippen LogP contribution in [0.15, 0.2) is 24.3 Å². The van der Waals surface area contributed by atoms with Crippen molar-refractivity contribution in [2.75, 3.05) is 12.4 Å².